The van der Waals surface area contributed by atoms with Gasteiger partial charge in [-0.2, -0.15) is 0 Å². The molecule has 2 heterocycles. The normalized spacial score (nSPS) is 14.7. The molecule has 0 aromatic carbocycles. The smallest absolute Gasteiger partial charge is 0.126 e. The van der Waals surface area contributed by atoms with Gasteiger partial charge in [0.2, 0.25) is 0 Å². The number of hydrogen-bond donors (Lipinski definition) is 1. The van der Waals surface area contributed by atoms with Crippen LogP contribution in [-0.2, 0) is 0 Å². The Hall–Kier alpha value is -1.38. The van der Waals surface area contributed by atoms with Gasteiger partial charge in [-0.3, -0.25) is 4.99 Å². The maximum atomic E-state index is 4.30. The molecular formula is C10H13N3. The van der Waals surface area contributed by atoms with Crippen molar-refractivity contribution in [2.75, 3.05) is 18.4 Å². The zero-order valence-electron chi connectivity index (χ0n) is 7.75. The zero-order valence-corrected chi connectivity index (χ0v) is 7.75. The van der Waals surface area contributed by atoms with Crippen LogP contribution in [-0.4, -0.2) is 23.8 Å². The van der Waals surface area contributed by atoms with Crippen LogP contribution in [0.4, 0.5) is 5.82 Å². The van der Waals surface area contributed by atoms with Gasteiger partial charge in [0.1, 0.15) is 5.82 Å². The quantitative estimate of drug-likeness (QED) is 0.759. The Balaban J connectivity index is 2.21. The second-order valence-electron chi connectivity index (χ2n) is 3.04. The average Bonchev–Trinajstić information content (AvgIpc) is 2.02. The van der Waals surface area contributed by atoms with Crippen molar-refractivity contribution in [1.82, 2.24) is 4.98 Å². The molecule has 2 rings (SSSR count). The lowest BCUT2D eigenvalue weighted by Gasteiger charge is -2.13. The second-order valence-corrected chi connectivity index (χ2v) is 3.04. The minimum atomic E-state index is 0.906. The minimum absolute atomic E-state index is 0.906. The lowest BCUT2D eigenvalue weighted by Crippen LogP contribution is -2.13. The largest absolute Gasteiger partial charge is 0.370 e. The van der Waals surface area contributed by atoms with Crippen molar-refractivity contribution in [3.8, 4) is 0 Å². The van der Waals surface area contributed by atoms with Crippen LogP contribution in [0.5, 0.6) is 0 Å². The summed E-state index contributed by atoms with van der Waals surface area (Å²) in [4.78, 5) is 8.51. The first-order valence-electron chi connectivity index (χ1n) is 4.64. The van der Waals surface area contributed by atoms with Crippen molar-refractivity contribution in [2.24, 2.45) is 4.99 Å². The van der Waals surface area contributed by atoms with Gasteiger partial charge in [-0.15, -0.1) is 0 Å². The van der Waals surface area contributed by atoms with Crippen LogP contribution in [0.25, 0.3) is 0 Å². The van der Waals surface area contributed by atoms with E-state index in [-0.39, 0.29) is 0 Å². The maximum absolute atomic E-state index is 4.30. The molecule has 0 fully saturated rings. The van der Waals surface area contributed by atoms with E-state index in [1.807, 2.05) is 12.3 Å². The molecule has 68 valence electrons. The van der Waals surface area contributed by atoms with E-state index in [9.17, 15) is 0 Å². The molecule has 1 aliphatic heterocycles. The summed E-state index contributed by atoms with van der Waals surface area (Å²) < 4.78 is 0. The molecule has 0 spiro atoms. The van der Waals surface area contributed by atoms with Crippen LogP contribution in [0.1, 0.15) is 18.9 Å². The number of aliphatic imine (C=N–C) groups is 1. The topological polar surface area (TPSA) is 37.3 Å². The molecule has 3 nitrogen and oxygen atoms in total. The summed E-state index contributed by atoms with van der Waals surface area (Å²) in [7, 11) is 0. The van der Waals surface area contributed by atoms with Crippen molar-refractivity contribution in [1.29, 1.82) is 0 Å². The fourth-order valence-corrected chi connectivity index (χ4v) is 1.35. The molecule has 1 aliphatic rings. The molecule has 0 bridgehead atoms. The molecule has 0 saturated carbocycles. The third-order valence-electron chi connectivity index (χ3n) is 2.10. The maximum Gasteiger partial charge on any atom is 0.126 e. The number of anilines is 1. The molecule has 0 amide bonds. The Morgan fingerprint density at radius 3 is 3.00 bits per heavy atom. The number of hydrogen-bond acceptors (Lipinski definition) is 3. The van der Waals surface area contributed by atoms with Crippen LogP contribution >= 0.6 is 0 Å². The second kappa shape index (κ2) is 3.56. The average molecular weight is 175 g/mol. The highest BCUT2D eigenvalue weighted by Gasteiger charge is 2.10. The first-order valence-corrected chi connectivity index (χ1v) is 4.64. The van der Waals surface area contributed by atoms with Gasteiger partial charge in [-0.05, 0) is 19.1 Å². The Bertz CT molecular complexity index is 331. The number of rotatable bonds is 3. The fourth-order valence-electron chi connectivity index (χ4n) is 1.35. The zero-order chi connectivity index (χ0) is 9.10. The summed E-state index contributed by atoms with van der Waals surface area (Å²) in [5.41, 5.74) is 2.42. The number of nitrogens with zero attached hydrogens (tertiary/aromatic N) is 2. The van der Waals surface area contributed by atoms with E-state index < -0.39 is 0 Å². The minimum Gasteiger partial charge on any atom is -0.370 e. The van der Waals surface area contributed by atoms with Crippen LogP contribution in [0.2, 0.25) is 0 Å². The number of pyridine rings is 1. The summed E-state index contributed by atoms with van der Waals surface area (Å²) in [5, 5.41) is 3.18. The van der Waals surface area contributed by atoms with E-state index in [0.29, 0.717) is 0 Å². The van der Waals surface area contributed by atoms with Gasteiger partial charge in [0.05, 0.1) is 0 Å². The summed E-state index contributed by atoms with van der Waals surface area (Å²) in [6.45, 7) is 3.95. The molecule has 1 aromatic heterocycles. The van der Waals surface area contributed by atoms with Crippen molar-refractivity contribution >= 4 is 11.5 Å². The molecular weight excluding hydrogens is 162 g/mol. The van der Waals surface area contributed by atoms with Gasteiger partial charge < -0.3 is 5.32 Å². The Labute approximate surface area is 77.9 Å². The van der Waals surface area contributed by atoms with Gasteiger partial charge in [-0.1, -0.05) is 0 Å². The monoisotopic (exact) mass is 175 g/mol. The van der Waals surface area contributed by atoms with Crippen LogP contribution in [0.15, 0.2) is 23.3 Å². The Morgan fingerprint density at radius 1 is 1.54 bits per heavy atom. The van der Waals surface area contributed by atoms with Gasteiger partial charge in [0, 0.05) is 37.0 Å². The fraction of sp³-hybridized carbons (Fsp3) is 0.400. The predicted octanol–water partition coefficient (Wildman–Crippen LogP) is 1.71. The van der Waals surface area contributed by atoms with Crippen molar-refractivity contribution in [2.45, 2.75) is 13.3 Å². The van der Waals surface area contributed by atoms with Crippen molar-refractivity contribution in [3.63, 3.8) is 0 Å². The Kier molecular flexibility index (Phi) is 2.25. The first-order chi connectivity index (χ1) is 6.40. The highest BCUT2D eigenvalue weighted by atomic mass is 15.0. The van der Waals surface area contributed by atoms with E-state index in [2.05, 4.69) is 28.3 Å². The summed E-state index contributed by atoms with van der Waals surface area (Å²) in [6.07, 6.45) is 2.93. The van der Waals surface area contributed by atoms with Crippen LogP contribution in [0.3, 0.4) is 0 Å². The molecule has 1 N–H and O–H groups in total. The van der Waals surface area contributed by atoms with Gasteiger partial charge in [0.25, 0.3) is 0 Å². The van der Waals surface area contributed by atoms with Gasteiger partial charge in [-0.25, -0.2) is 4.98 Å². The highest BCUT2D eigenvalue weighted by molar-refractivity contribution is 6.03. The standard InChI is InChI=1S/C10H13N3/c1-2-11-10-7-8(3-5-13-10)9-4-6-12-9/h3,5,7H,2,4,6H2,1H3,(H,11,13). The molecule has 0 unspecified atom stereocenters. The van der Waals surface area contributed by atoms with Gasteiger partial charge >= 0.3 is 0 Å². The molecule has 13 heavy (non-hydrogen) atoms. The van der Waals surface area contributed by atoms with Crippen LogP contribution in [0, 0.1) is 0 Å². The van der Waals surface area contributed by atoms with Crippen molar-refractivity contribution < 1.29 is 0 Å². The SMILES string of the molecule is CCNc1cc(C2=NCC2)ccn1. The molecule has 0 aliphatic carbocycles. The van der Waals surface area contributed by atoms with E-state index in [1.165, 1.54) is 11.3 Å². The third kappa shape index (κ3) is 1.69. The van der Waals surface area contributed by atoms with E-state index in [4.69, 9.17) is 0 Å². The lowest BCUT2D eigenvalue weighted by atomic mass is 10.1. The number of aromatic nitrogens is 1. The molecule has 0 saturated heterocycles. The third-order valence-corrected chi connectivity index (χ3v) is 2.10. The number of nitrogens with one attached hydrogen (secondary N) is 1. The Morgan fingerprint density at radius 2 is 2.38 bits per heavy atom. The van der Waals surface area contributed by atoms with Crippen LogP contribution < -0.4 is 5.32 Å². The molecule has 1 aromatic rings. The summed E-state index contributed by atoms with van der Waals surface area (Å²) >= 11 is 0. The lowest BCUT2D eigenvalue weighted by molar-refractivity contribution is 0.946. The molecule has 3 heteroatoms. The summed E-state index contributed by atoms with van der Waals surface area (Å²) in [5.74, 6) is 0.939. The van der Waals surface area contributed by atoms with E-state index >= 15 is 0 Å². The van der Waals surface area contributed by atoms with Gasteiger partial charge in [0.15, 0.2) is 0 Å². The van der Waals surface area contributed by atoms with E-state index in [1.54, 1.807) is 0 Å². The predicted molar refractivity (Wildman–Crippen MR) is 54.4 cm³/mol. The highest BCUT2D eigenvalue weighted by Crippen LogP contribution is 2.14. The van der Waals surface area contributed by atoms with E-state index in [0.717, 1.165) is 25.3 Å². The molecule has 0 radical (unpaired) electrons. The summed E-state index contributed by atoms with van der Waals surface area (Å²) in [6, 6.07) is 4.07. The first kappa shape index (κ1) is 8.23. The van der Waals surface area contributed by atoms with Crippen molar-refractivity contribution in [3.05, 3.63) is 23.9 Å². The molecule has 0 atom stereocenters.